The van der Waals surface area contributed by atoms with Gasteiger partial charge in [0.15, 0.2) is 0 Å². The quantitative estimate of drug-likeness (QED) is 0.754. The maximum atomic E-state index is 12.2. The second-order valence-electron chi connectivity index (χ2n) is 6.11. The molecular formula is C20H17ClN2O3. The van der Waals surface area contributed by atoms with E-state index in [2.05, 4.69) is 4.90 Å². The molecule has 0 bridgehead atoms. The monoisotopic (exact) mass is 368 g/mol. The summed E-state index contributed by atoms with van der Waals surface area (Å²) in [5.74, 6) is -0.958. The second-order valence-corrected chi connectivity index (χ2v) is 6.55. The number of hydrogen-bond donors (Lipinski definition) is 1. The zero-order valence-corrected chi connectivity index (χ0v) is 14.7. The van der Waals surface area contributed by atoms with Crippen molar-refractivity contribution in [1.29, 1.82) is 0 Å². The van der Waals surface area contributed by atoms with Crippen molar-refractivity contribution in [3.63, 3.8) is 0 Å². The van der Waals surface area contributed by atoms with Gasteiger partial charge in [0.25, 0.3) is 0 Å². The van der Waals surface area contributed by atoms with Crippen LogP contribution in [0.4, 0.5) is 5.69 Å². The number of pyridine rings is 1. The van der Waals surface area contributed by atoms with Crippen LogP contribution < -0.4 is 4.90 Å². The van der Waals surface area contributed by atoms with Gasteiger partial charge in [-0.1, -0.05) is 41.9 Å². The van der Waals surface area contributed by atoms with E-state index in [4.69, 9.17) is 21.3 Å². The molecule has 2 heterocycles. The summed E-state index contributed by atoms with van der Waals surface area (Å²) in [6.45, 7) is 2.37. The molecule has 1 aliphatic heterocycles. The van der Waals surface area contributed by atoms with Gasteiger partial charge < -0.3 is 14.7 Å². The second kappa shape index (κ2) is 6.94. The Morgan fingerprint density at radius 3 is 2.46 bits per heavy atom. The van der Waals surface area contributed by atoms with Gasteiger partial charge in [-0.3, -0.25) is 0 Å². The maximum Gasteiger partial charge on any atom is 0.338 e. The van der Waals surface area contributed by atoms with E-state index in [1.165, 1.54) is 0 Å². The Kier molecular flexibility index (Phi) is 4.49. The maximum absolute atomic E-state index is 12.2. The number of ether oxygens (including phenoxy) is 1. The van der Waals surface area contributed by atoms with Crippen molar-refractivity contribution >= 4 is 34.2 Å². The highest BCUT2D eigenvalue weighted by Crippen LogP contribution is 2.37. The minimum absolute atomic E-state index is 0.280. The van der Waals surface area contributed by atoms with Crippen molar-refractivity contribution in [2.75, 3.05) is 31.2 Å². The van der Waals surface area contributed by atoms with E-state index in [9.17, 15) is 9.90 Å². The number of carboxylic acid groups (broad SMARTS) is 1. The number of nitrogens with zero attached hydrogens (tertiary/aromatic N) is 2. The van der Waals surface area contributed by atoms with Crippen LogP contribution >= 0.6 is 11.6 Å². The molecule has 0 radical (unpaired) electrons. The molecule has 0 aliphatic carbocycles. The molecule has 132 valence electrons. The number of anilines is 1. The van der Waals surface area contributed by atoms with Gasteiger partial charge in [0.1, 0.15) is 0 Å². The van der Waals surface area contributed by atoms with Crippen LogP contribution in [0.2, 0.25) is 5.02 Å². The van der Waals surface area contributed by atoms with Crippen LogP contribution in [0.5, 0.6) is 0 Å². The summed E-state index contributed by atoms with van der Waals surface area (Å²) in [6, 6.07) is 14.7. The first-order valence-electron chi connectivity index (χ1n) is 8.40. The van der Waals surface area contributed by atoms with Gasteiger partial charge in [0.2, 0.25) is 0 Å². The molecule has 1 aromatic heterocycles. The van der Waals surface area contributed by atoms with E-state index in [1.54, 1.807) is 18.2 Å². The molecule has 4 rings (SSSR count). The lowest BCUT2D eigenvalue weighted by atomic mass is 10.00. The number of halogens is 1. The molecule has 1 aliphatic rings. The number of benzene rings is 2. The molecule has 0 spiro atoms. The molecule has 1 saturated heterocycles. The molecule has 0 saturated carbocycles. The van der Waals surface area contributed by atoms with E-state index < -0.39 is 5.97 Å². The van der Waals surface area contributed by atoms with Gasteiger partial charge in [-0.05, 0) is 18.2 Å². The number of morpholine rings is 1. The van der Waals surface area contributed by atoms with Crippen molar-refractivity contribution < 1.29 is 14.6 Å². The molecule has 5 nitrogen and oxygen atoms in total. The van der Waals surface area contributed by atoms with Crippen molar-refractivity contribution in [2.45, 2.75) is 0 Å². The predicted molar refractivity (Wildman–Crippen MR) is 102 cm³/mol. The fraction of sp³-hybridized carbons (Fsp3) is 0.200. The average molecular weight is 369 g/mol. The Morgan fingerprint density at radius 1 is 1.08 bits per heavy atom. The van der Waals surface area contributed by atoms with Gasteiger partial charge in [-0.25, -0.2) is 9.78 Å². The van der Waals surface area contributed by atoms with Crippen LogP contribution in [0.15, 0.2) is 48.5 Å². The smallest absolute Gasteiger partial charge is 0.338 e. The molecule has 3 aromatic rings. The van der Waals surface area contributed by atoms with Gasteiger partial charge in [-0.2, -0.15) is 0 Å². The molecule has 0 unspecified atom stereocenters. The van der Waals surface area contributed by atoms with Crippen LogP contribution in [0.25, 0.3) is 22.2 Å². The van der Waals surface area contributed by atoms with Gasteiger partial charge in [0, 0.05) is 29.1 Å². The standard InChI is InChI=1S/C20H17ClN2O3/c21-14-7-5-13(6-8-14)18-19(23-9-11-26-12-10-23)17(20(24)25)15-3-1-2-4-16(15)22-18/h1-8H,9-12H2,(H,24,25). The highest BCUT2D eigenvalue weighted by atomic mass is 35.5. The molecule has 26 heavy (non-hydrogen) atoms. The molecular weight excluding hydrogens is 352 g/mol. The third kappa shape index (κ3) is 3.00. The van der Waals surface area contributed by atoms with Crippen LogP contribution in [0, 0.1) is 0 Å². The summed E-state index contributed by atoms with van der Waals surface area (Å²) < 4.78 is 5.44. The lowest BCUT2D eigenvalue weighted by Gasteiger charge is -2.32. The summed E-state index contributed by atoms with van der Waals surface area (Å²) >= 11 is 6.02. The molecule has 6 heteroatoms. The number of aromatic nitrogens is 1. The summed E-state index contributed by atoms with van der Waals surface area (Å²) in [5.41, 5.74) is 3.07. The first-order valence-corrected chi connectivity index (χ1v) is 8.77. The van der Waals surface area contributed by atoms with E-state index in [-0.39, 0.29) is 5.56 Å². The summed E-state index contributed by atoms with van der Waals surface area (Å²) in [6.07, 6.45) is 0. The first-order chi connectivity index (χ1) is 12.6. The van der Waals surface area contributed by atoms with E-state index in [0.29, 0.717) is 53.6 Å². The van der Waals surface area contributed by atoms with Crippen LogP contribution in [-0.4, -0.2) is 42.4 Å². The third-order valence-corrected chi connectivity index (χ3v) is 4.78. The Labute approximate surface area is 155 Å². The molecule has 2 aromatic carbocycles. The lowest BCUT2D eigenvalue weighted by Crippen LogP contribution is -2.37. The first kappa shape index (κ1) is 16.8. The number of fused-ring (bicyclic) bond motifs is 1. The van der Waals surface area contributed by atoms with Gasteiger partial charge in [0.05, 0.1) is 35.7 Å². The highest BCUT2D eigenvalue weighted by Gasteiger charge is 2.26. The third-order valence-electron chi connectivity index (χ3n) is 4.53. The topological polar surface area (TPSA) is 62.7 Å². The summed E-state index contributed by atoms with van der Waals surface area (Å²) in [4.78, 5) is 19.1. The predicted octanol–water partition coefficient (Wildman–Crippen LogP) is 4.09. The molecule has 1 N–H and O–H groups in total. The largest absolute Gasteiger partial charge is 0.478 e. The lowest BCUT2D eigenvalue weighted by molar-refractivity contribution is 0.0698. The molecule has 1 fully saturated rings. The Balaban J connectivity index is 2.04. The van der Waals surface area contributed by atoms with Crippen LogP contribution in [-0.2, 0) is 4.74 Å². The number of carbonyl (C=O) groups is 1. The number of rotatable bonds is 3. The SMILES string of the molecule is O=C(O)c1c(N2CCOCC2)c(-c2ccc(Cl)cc2)nc2ccccc12. The van der Waals surface area contributed by atoms with Crippen LogP contribution in [0.1, 0.15) is 10.4 Å². The minimum atomic E-state index is -0.958. The average Bonchev–Trinajstić information content (AvgIpc) is 2.67. The summed E-state index contributed by atoms with van der Waals surface area (Å²) in [7, 11) is 0. The van der Waals surface area contributed by atoms with E-state index >= 15 is 0 Å². The van der Waals surface area contributed by atoms with Crippen molar-refractivity contribution in [1.82, 2.24) is 4.98 Å². The van der Waals surface area contributed by atoms with E-state index in [0.717, 1.165) is 5.56 Å². The Morgan fingerprint density at radius 2 is 1.77 bits per heavy atom. The zero-order valence-electron chi connectivity index (χ0n) is 14.0. The fourth-order valence-electron chi connectivity index (χ4n) is 3.32. The highest BCUT2D eigenvalue weighted by molar-refractivity contribution is 6.30. The molecule has 0 amide bonds. The number of para-hydroxylation sites is 1. The van der Waals surface area contributed by atoms with Gasteiger partial charge >= 0.3 is 5.97 Å². The number of carboxylic acids is 1. The Hall–Kier alpha value is -2.63. The fourth-order valence-corrected chi connectivity index (χ4v) is 3.45. The Bertz CT molecular complexity index is 967. The summed E-state index contributed by atoms with van der Waals surface area (Å²) in [5, 5.41) is 11.3. The number of hydrogen-bond acceptors (Lipinski definition) is 4. The number of aromatic carboxylic acids is 1. The van der Waals surface area contributed by atoms with Crippen LogP contribution in [0.3, 0.4) is 0 Å². The van der Waals surface area contributed by atoms with Crippen molar-refractivity contribution in [2.24, 2.45) is 0 Å². The van der Waals surface area contributed by atoms with Crippen molar-refractivity contribution in [3.8, 4) is 11.3 Å². The van der Waals surface area contributed by atoms with E-state index in [1.807, 2.05) is 30.3 Å². The van der Waals surface area contributed by atoms with Crippen molar-refractivity contribution in [3.05, 3.63) is 59.1 Å². The molecule has 0 atom stereocenters. The van der Waals surface area contributed by atoms with Gasteiger partial charge in [-0.15, -0.1) is 0 Å². The zero-order chi connectivity index (χ0) is 18.1. The normalized spacial score (nSPS) is 14.6. The minimum Gasteiger partial charge on any atom is -0.478 e.